The maximum absolute atomic E-state index is 12.7. The summed E-state index contributed by atoms with van der Waals surface area (Å²) >= 11 is 11.9. The van der Waals surface area contributed by atoms with Gasteiger partial charge in [-0.05, 0) is 18.6 Å². The van der Waals surface area contributed by atoms with Crippen molar-refractivity contribution in [3.63, 3.8) is 0 Å². The first-order chi connectivity index (χ1) is 9.34. The van der Waals surface area contributed by atoms with Crippen LogP contribution in [0.15, 0.2) is 18.3 Å². The fourth-order valence-corrected chi connectivity index (χ4v) is 2.45. The first-order valence-corrected chi connectivity index (χ1v) is 6.56. The molecule has 1 aromatic carbocycles. The molecule has 8 heteroatoms. The molecule has 2 rings (SSSR count). The highest BCUT2D eigenvalue weighted by Gasteiger charge is 2.32. The highest BCUT2D eigenvalue weighted by molar-refractivity contribution is 6.37. The van der Waals surface area contributed by atoms with Crippen LogP contribution in [0.3, 0.4) is 0 Å². The molecule has 0 aliphatic carbocycles. The van der Waals surface area contributed by atoms with Crippen molar-refractivity contribution in [1.29, 1.82) is 0 Å². The second kappa shape index (κ2) is 5.61. The van der Waals surface area contributed by atoms with E-state index in [2.05, 4.69) is 10.3 Å². The SMILES string of the molecule is CCCc1cnnn1-c1c(Cl)cc(C(F)(F)F)cc1Cl. The summed E-state index contributed by atoms with van der Waals surface area (Å²) in [7, 11) is 0. The monoisotopic (exact) mass is 323 g/mol. The quantitative estimate of drug-likeness (QED) is 0.829. The summed E-state index contributed by atoms with van der Waals surface area (Å²) in [6.45, 7) is 1.97. The fraction of sp³-hybridized carbons (Fsp3) is 0.333. The Morgan fingerprint density at radius 3 is 2.30 bits per heavy atom. The lowest BCUT2D eigenvalue weighted by Gasteiger charge is -2.13. The molecule has 20 heavy (non-hydrogen) atoms. The van der Waals surface area contributed by atoms with E-state index >= 15 is 0 Å². The zero-order valence-corrected chi connectivity index (χ0v) is 11.9. The smallest absolute Gasteiger partial charge is 0.215 e. The Morgan fingerprint density at radius 2 is 1.80 bits per heavy atom. The van der Waals surface area contributed by atoms with Gasteiger partial charge in [-0.2, -0.15) is 13.2 Å². The Morgan fingerprint density at radius 1 is 1.20 bits per heavy atom. The molecule has 3 nitrogen and oxygen atoms in total. The van der Waals surface area contributed by atoms with Crippen molar-refractivity contribution in [1.82, 2.24) is 15.0 Å². The highest BCUT2D eigenvalue weighted by Crippen LogP contribution is 2.37. The molecule has 2 aromatic rings. The summed E-state index contributed by atoms with van der Waals surface area (Å²) in [5.41, 5.74) is 0.0479. The summed E-state index contributed by atoms with van der Waals surface area (Å²) in [6, 6.07) is 1.67. The highest BCUT2D eigenvalue weighted by atomic mass is 35.5. The standard InChI is InChI=1S/C12H10Cl2F3N3/c1-2-3-8-6-18-19-20(8)11-9(13)4-7(5-10(11)14)12(15,16)17/h4-6H,2-3H2,1H3. The van der Waals surface area contributed by atoms with Crippen molar-refractivity contribution in [2.24, 2.45) is 0 Å². The van der Waals surface area contributed by atoms with Crippen molar-refractivity contribution in [2.45, 2.75) is 25.9 Å². The molecular weight excluding hydrogens is 314 g/mol. The lowest BCUT2D eigenvalue weighted by molar-refractivity contribution is -0.137. The predicted molar refractivity (Wildman–Crippen MR) is 70.4 cm³/mol. The number of hydrogen-bond acceptors (Lipinski definition) is 2. The molecule has 0 unspecified atom stereocenters. The Kier molecular flexibility index (Phi) is 4.25. The average Bonchev–Trinajstić information content (AvgIpc) is 2.76. The molecule has 0 saturated heterocycles. The third-order valence-corrected chi connectivity index (χ3v) is 3.26. The van der Waals surface area contributed by atoms with Gasteiger partial charge >= 0.3 is 6.18 Å². The van der Waals surface area contributed by atoms with E-state index in [0.717, 1.165) is 24.2 Å². The van der Waals surface area contributed by atoms with Crippen LogP contribution in [-0.2, 0) is 12.6 Å². The predicted octanol–water partition coefficient (Wildman–Crippen LogP) is 4.55. The van der Waals surface area contributed by atoms with Crippen LogP contribution in [-0.4, -0.2) is 15.0 Å². The van der Waals surface area contributed by atoms with Gasteiger partial charge in [0.2, 0.25) is 0 Å². The molecule has 108 valence electrons. The topological polar surface area (TPSA) is 30.7 Å². The van der Waals surface area contributed by atoms with E-state index in [4.69, 9.17) is 23.2 Å². The Hall–Kier alpha value is -1.27. The van der Waals surface area contributed by atoms with E-state index in [1.165, 1.54) is 10.9 Å². The van der Waals surface area contributed by atoms with Crippen LogP contribution in [0.25, 0.3) is 5.69 Å². The number of aromatic nitrogens is 3. The molecule has 0 radical (unpaired) electrons. The van der Waals surface area contributed by atoms with E-state index in [0.29, 0.717) is 6.42 Å². The van der Waals surface area contributed by atoms with Gasteiger partial charge in [0.05, 0.1) is 27.5 Å². The van der Waals surface area contributed by atoms with E-state index < -0.39 is 11.7 Å². The molecule has 1 heterocycles. The zero-order valence-electron chi connectivity index (χ0n) is 10.4. The van der Waals surface area contributed by atoms with Crippen molar-refractivity contribution < 1.29 is 13.2 Å². The third-order valence-electron chi connectivity index (χ3n) is 2.68. The van der Waals surface area contributed by atoms with Crippen LogP contribution in [0.5, 0.6) is 0 Å². The number of hydrogen-bond donors (Lipinski definition) is 0. The maximum Gasteiger partial charge on any atom is 0.416 e. The van der Waals surface area contributed by atoms with Gasteiger partial charge < -0.3 is 0 Å². The minimum atomic E-state index is -4.50. The van der Waals surface area contributed by atoms with Crippen LogP contribution < -0.4 is 0 Å². The van der Waals surface area contributed by atoms with Crippen molar-refractivity contribution in [2.75, 3.05) is 0 Å². The number of halogens is 5. The van der Waals surface area contributed by atoms with E-state index in [1.807, 2.05) is 6.92 Å². The van der Waals surface area contributed by atoms with Gasteiger partial charge in [0, 0.05) is 0 Å². The minimum absolute atomic E-state index is 0.118. The third kappa shape index (κ3) is 2.91. The second-order valence-corrected chi connectivity index (χ2v) is 4.99. The summed E-state index contributed by atoms with van der Waals surface area (Å²) in [5, 5.41) is 7.34. The van der Waals surface area contributed by atoms with Crippen LogP contribution in [0.2, 0.25) is 10.0 Å². The minimum Gasteiger partial charge on any atom is -0.215 e. The van der Waals surface area contributed by atoms with Crippen LogP contribution >= 0.6 is 23.2 Å². The van der Waals surface area contributed by atoms with E-state index in [9.17, 15) is 13.2 Å². The van der Waals surface area contributed by atoms with E-state index in [1.54, 1.807) is 0 Å². The van der Waals surface area contributed by atoms with E-state index in [-0.39, 0.29) is 15.7 Å². The molecule has 1 aromatic heterocycles. The van der Waals surface area contributed by atoms with Gasteiger partial charge in [-0.15, -0.1) is 5.10 Å². The van der Waals surface area contributed by atoms with Crippen molar-refractivity contribution in [3.05, 3.63) is 39.6 Å². The Bertz CT molecular complexity index is 600. The van der Waals surface area contributed by atoms with Gasteiger partial charge in [-0.3, -0.25) is 0 Å². The van der Waals surface area contributed by atoms with Gasteiger partial charge in [0.15, 0.2) is 0 Å². The van der Waals surface area contributed by atoms with Gasteiger partial charge in [0.1, 0.15) is 5.69 Å². The second-order valence-electron chi connectivity index (χ2n) is 4.17. The maximum atomic E-state index is 12.7. The van der Waals surface area contributed by atoms with Crippen LogP contribution in [0.1, 0.15) is 24.6 Å². The first kappa shape index (κ1) is 15.1. The molecule has 0 bridgehead atoms. The molecule has 0 spiro atoms. The zero-order chi connectivity index (χ0) is 14.9. The lowest BCUT2D eigenvalue weighted by Crippen LogP contribution is -2.08. The van der Waals surface area contributed by atoms with Crippen molar-refractivity contribution in [3.8, 4) is 5.69 Å². The molecule has 0 N–H and O–H groups in total. The first-order valence-electron chi connectivity index (χ1n) is 5.80. The van der Waals surface area contributed by atoms with Crippen LogP contribution in [0, 0.1) is 0 Å². The van der Waals surface area contributed by atoms with Crippen molar-refractivity contribution >= 4 is 23.2 Å². The summed E-state index contributed by atoms with van der Waals surface area (Å²) in [5.74, 6) is 0. The molecule has 0 aliphatic rings. The fourth-order valence-electron chi connectivity index (χ4n) is 1.80. The summed E-state index contributed by atoms with van der Waals surface area (Å²) in [6.07, 6.45) is -1.46. The number of rotatable bonds is 3. The summed E-state index contributed by atoms with van der Waals surface area (Å²) in [4.78, 5) is 0. The number of alkyl halides is 3. The molecular formula is C12H10Cl2F3N3. The average molecular weight is 324 g/mol. The van der Waals surface area contributed by atoms with Gasteiger partial charge in [0.25, 0.3) is 0 Å². The normalized spacial score (nSPS) is 11.9. The molecule has 0 saturated carbocycles. The largest absolute Gasteiger partial charge is 0.416 e. The lowest BCUT2D eigenvalue weighted by atomic mass is 10.2. The molecule has 0 aliphatic heterocycles. The number of aryl methyl sites for hydroxylation is 1. The number of benzene rings is 1. The van der Waals surface area contributed by atoms with Gasteiger partial charge in [-0.25, -0.2) is 4.68 Å². The summed E-state index contributed by atoms with van der Waals surface area (Å²) < 4.78 is 39.4. The Labute approximate surface area is 123 Å². The Balaban J connectivity index is 2.55. The van der Waals surface area contributed by atoms with Gasteiger partial charge in [-0.1, -0.05) is 41.8 Å². The molecule has 0 amide bonds. The van der Waals surface area contributed by atoms with Crippen LogP contribution in [0.4, 0.5) is 13.2 Å². The number of nitrogens with zero attached hydrogens (tertiary/aromatic N) is 3. The molecule has 0 fully saturated rings. The molecule has 0 atom stereocenters.